The minimum absolute atomic E-state index is 0.0453. The van der Waals surface area contributed by atoms with Crippen molar-refractivity contribution >= 4 is 5.91 Å². The van der Waals surface area contributed by atoms with E-state index < -0.39 is 0 Å². The van der Waals surface area contributed by atoms with Crippen molar-refractivity contribution in [3.05, 3.63) is 29.8 Å². The number of benzene rings is 1. The lowest BCUT2D eigenvalue weighted by Gasteiger charge is -2.31. The van der Waals surface area contributed by atoms with Crippen LogP contribution in [0.2, 0.25) is 0 Å². The Morgan fingerprint density at radius 3 is 2.59 bits per heavy atom. The molecule has 0 bridgehead atoms. The molecule has 0 heterocycles. The molecule has 2 atom stereocenters. The Hall–Kier alpha value is -1.55. The molecule has 0 spiro atoms. The van der Waals surface area contributed by atoms with E-state index in [2.05, 4.69) is 26.1 Å². The van der Waals surface area contributed by atoms with Crippen LogP contribution in [-0.2, 0) is 4.79 Å². The van der Waals surface area contributed by atoms with E-state index in [0.29, 0.717) is 18.9 Å². The highest BCUT2D eigenvalue weighted by atomic mass is 16.5. The summed E-state index contributed by atoms with van der Waals surface area (Å²) < 4.78 is 5.23. The summed E-state index contributed by atoms with van der Waals surface area (Å²) in [4.78, 5) is 12.3. The maximum atomic E-state index is 12.3. The summed E-state index contributed by atoms with van der Waals surface area (Å²) in [7, 11) is 1.65. The van der Waals surface area contributed by atoms with Crippen LogP contribution in [0.25, 0.3) is 0 Å². The van der Waals surface area contributed by atoms with Gasteiger partial charge in [0.25, 0.3) is 0 Å². The number of rotatable bonds is 8. The number of methoxy groups -OCH3 is 1. The van der Waals surface area contributed by atoms with E-state index in [4.69, 9.17) is 10.5 Å². The summed E-state index contributed by atoms with van der Waals surface area (Å²) in [5, 5.41) is 3.11. The van der Waals surface area contributed by atoms with Crippen LogP contribution in [0.3, 0.4) is 0 Å². The molecule has 3 N–H and O–H groups in total. The first-order valence-electron chi connectivity index (χ1n) is 7.94. The van der Waals surface area contributed by atoms with Crippen molar-refractivity contribution in [3.8, 4) is 5.75 Å². The number of carbonyl (C=O) groups is 1. The molecule has 4 nitrogen and oxygen atoms in total. The van der Waals surface area contributed by atoms with Crippen LogP contribution in [0.1, 0.15) is 52.0 Å². The molecule has 0 fully saturated rings. The van der Waals surface area contributed by atoms with Gasteiger partial charge < -0.3 is 15.8 Å². The van der Waals surface area contributed by atoms with E-state index in [1.54, 1.807) is 7.11 Å². The van der Waals surface area contributed by atoms with Crippen molar-refractivity contribution in [2.45, 2.75) is 52.0 Å². The molecule has 22 heavy (non-hydrogen) atoms. The zero-order chi connectivity index (χ0) is 16.8. The van der Waals surface area contributed by atoms with Gasteiger partial charge >= 0.3 is 0 Å². The van der Waals surface area contributed by atoms with Gasteiger partial charge in [-0.2, -0.15) is 0 Å². The Morgan fingerprint density at radius 1 is 1.36 bits per heavy atom. The molecule has 1 rings (SSSR count). The van der Waals surface area contributed by atoms with E-state index >= 15 is 0 Å². The van der Waals surface area contributed by atoms with Crippen molar-refractivity contribution in [1.82, 2.24) is 5.32 Å². The molecular weight excluding hydrogens is 276 g/mol. The first-order valence-corrected chi connectivity index (χ1v) is 7.94. The second-order valence-electron chi connectivity index (χ2n) is 6.79. The molecule has 4 heteroatoms. The first-order chi connectivity index (χ1) is 10.3. The lowest BCUT2D eigenvalue weighted by atomic mass is 9.90. The van der Waals surface area contributed by atoms with Gasteiger partial charge in [-0.15, -0.1) is 0 Å². The van der Waals surface area contributed by atoms with Gasteiger partial charge in [-0.25, -0.2) is 0 Å². The number of nitrogens with one attached hydrogen (secondary N) is 1. The maximum Gasteiger partial charge on any atom is 0.221 e. The minimum atomic E-state index is -0.334. The standard InChI is InChI=1S/C18H30N2O2/c1-13(2)11-18(4,12-19)20-17(21)9-14(3)15-7-6-8-16(10-15)22-5/h6-8,10,13-14H,9,11-12,19H2,1-5H3,(H,20,21). The predicted molar refractivity (Wildman–Crippen MR) is 91.1 cm³/mol. The second-order valence-corrected chi connectivity index (χ2v) is 6.79. The molecule has 0 radical (unpaired) electrons. The molecule has 0 aliphatic heterocycles. The van der Waals surface area contributed by atoms with Crippen LogP contribution in [0, 0.1) is 5.92 Å². The van der Waals surface area contributed by atoms with Crippen LogP contribution in [0.5, 0.6) is 5.75 Å². The van der Waals surface area contributed by atoms with E-state index in [1.807, 2.05) is 31.2 Å². The van der Waals surface area contributed by atoms with Crippen molar-refractivity contribution in [3.63, 3.8) is 0 Å². The monoisotopic (exact) mass is 306 g/mol. The lowest BCUT2D eigenvalue weighted by Crippen LogP contribution is -2.52. The van der Waals surface area contributed by atoms with E-state index in [9.17, 15) is 4.79 Å². The van der Waals surface area contributed by atoms with Crippen molar-refractivity contribution in [2.75, 3.05) is 13.7 Å². The summed E-state index contributed by atoms with van der Waals surface area (Å²) in [5.74, 6) is 1.49. The van der Waals surface area contributed by atoms with Gasteiger partial charge in [-0.3, -0.25) is 4.79 Å². The highest BCUT2D eigenvalue weighted by Gasteiger charge is 2.26. The number of hydrogen-bond donors (Lipinski definition) is 2. The molecule has 0 aromatic heterocycles. The van der Waals surface area contributed by atoms with Crippen LogP contribution >= 0.6 is 0 Å². The Kier molecular flexibility index (Phi) is 6.88. The summed E-state index contributed by atoms with van der Waals surface area (Å²) in [6.07, 6.45) is 1.32. The minimum Gasteiger partial charge on any atom is -0.497 e. The normalized spacial score (nSPS) is 15.2. The zero-order valence-electron chi connectivity index (χ0n) is 14.5. The average Bonchev–Trinajstić information content (AvgIpc) is 2.46. The van der Waals surface area contributed by atoms with Gasteiger partial charge in [0.2, 0.25) is 5.91 Å². The van der Waals surface area contributed by atoms with Crippen molar-refractivity contribution in [1.29, 1.82) is 0 Å². The smallest absolute Gasteiger partial charge is 0.221 e. The average molecular weight is 306 g/mol. The fourth-order valence-corrected chi connectivity index (χ4v) is 2.82. The molecule has 124 valence electrons. The highest BCUT2D eigenvalue weighted by molar-refractivity contribution is 5.77. The van der Waals surface area contributed by atoms with Crippen LogP contribution < -0.4 is 15.8 Å². The van der Waals surface area contributed by atoms with Crippen molar-refractivity contribution < 1.29 is 9.53 Å². The molecule has 0 saturated heterocycles. The van der Waals surface area contributed by atoms with Gasteiger partial charge in [0.15, 0.2) is 0 Å². The molecule has 0 aliphatic rings. The van der Waals surface area contributed by atoms with Crippen LogP contribution in [-0.4, -0.2) is 25.1 Å². The molecular formula is C18H30N2O2. The van der Waals surface area contributed by atoms with Crippen LogP contribution in [0.15, 0.2) is 24.3 Å². The fraction of sp³-hybridized carbons (Fsp3) is 0.611. The van der Waals surface area contributed by atoms with Gasteiger partial charge in [0.05, 0.1) is 7.11 Å². The maximum absolute atomic E-state index is 12.3. The first kappa shape index (κ1) is 18.5. The van der Waals surface area contributed by atoms with E-state index in [1.165, 1.54) is 0 Å². The number of amides is 1. The van der Waals surface area contributed by atoms with Gasteiger partial charge in [-0.05, 0) is 42.9 Å². The Bertz CT molecular complexity index is 488. The van der Waals surface area contributed by atoms with E-state index in [0.717, 1.165) is 17.7 Å². The largest absolute Gasteiger partial charge is 0.497 e. The SMILES string of the molecule is COc1cccc(C(C)CC(=O)NC(C)(CN)CC(C)C)c1. The third kappa shape index (κ3) is 5.68. The lowest BCUT2D eigenvalue weighted by molar-refractivity contribution is -0.123. The molecule has 2 unspecified atom stereocenters. The van der Waals surface area contributed by atoms with Gasteiger partial charge in [0, 0.05) is 18.5 Å². The number of carbonyl (C=O) groups excluding carboxylic acids is 1. The summed E-state index contributed by atoms with van der Waals surface area (Å²) >= 11 is 0. The molecule has 1 aromatic carbocycles. The molecule has 0 aliphatic carbocycles. The molecule has 1 aromatic rings. The predicted octanol–water partition coefficient (Wildman–Crippen LogP) is 3.07. The molecule has 1 amide bonds. The van der Waals surface area contributed by atoms with Crippen LogP contribution in [0.4, 0.5) is 0 Å². The number of ether oxygens (including phenoxy) is 1. The third-order valence-corrected chi connectivity index (χ3v) is 3.90. The van der Waals surface area contributed by atoms with Crippen molar-refractivity contribution in [2.24, 2.45) is 11.7 Å². The summed E-state index contributed by atoms with van der Waals surface area (Å²) in [5.41, 5.74) is 6.62. The second kappa shape index (κ2) is 8.18. The Balaban J connectivity index is 2.66. The quantitative estimate of drug-likeness (QED) is 0.776. The van der Waals surface area contributed by atoms with E-state index in [-0.39, 0.29) is 17.4 Å². The summed E-state index contributed by atoms with van der Waals surface area (Å²) in [6.45, 7) is 8.79. The fourth-order valence-electron chi connectivity index (χ4n) is 2.82. The number of hydrogen-bond acceptors (Lipinski definition) is 3. The summed E-state index contributed by atoms with van der Waals surface area (Å²) in [6, 6.07) is 7.86. The third-order valence-electron chi connectivity index (χ3n) is 3.90. The Labute approximate surface area is 134 Å². The molecule has 0 saturated carbocycles. The topological polar surface area (TPSA) is 64.3 Å². The highest BCUT2D eigenvalue weighted by Crippen LogP contribution is 2.24. The zero-order valence-corrected chi connectivity index (χ0v) is 14.5. The Morgan fingerprint density at radius 2 is 2.05 bits per heavy atom. The van der Waals surface area contributed by atoms with Gasteiger partial charge in [-0.1, -0.05) is 32.9 Å². The number of nitrogens with two attached hydrogens (primary N) is 1. The van der Waals surface area contributed by atoms with Gasteiger partial charge in [0.1, 0.15) is 5.75 Å².